The average molecular weight is 345 g/mol. The van der Waals surface area contributed by atoms with E-state index in [1.165, 1.54) is 0 Å². The molecule has 0 saturated carbocycles. The molecule has 0 aliphatic carbocycles. The molecule has 0 bridgehead atoms. The van der Waals surface area contributed by atoms with E-state index < -0.39 is 0 Å². The highest BCUT2D eigenvalue weighted by Gasteiger charge is 2.14. The summed E-state index contributed by atoms with van der Waals surface area (Å²) >= 11 is 6.70. The molecule has 0 N–H and O–H groups in total. The molecule has 0 aliphatic rings. The number of nitro groups is 1. The van der Waals surface area contributed by atoms with Crippen molar-refractivity contribution in [2.24, 2.45) is 0 Å². The molecule has 16 heavy (non-hydrogen) atoms. The topological polar surface area (TPSA) is 43.1 Å². The molecule has 0 spiro atoms. The lowest BCUT2D eigenvalue weighted by atomic mass is 10.1. The van der Waals surface area contributed by atoms with Crippen LogP contribution in [-0.2, 0) is 5.33 Å². The maximum atomic E-state index is 10.9. The smallest absolute Gasteiger partial charge is 0.258 e. The minimum Gasteiger partial charge on any atom is -0.258 e. The van der Waals surface area contributed by atoms with E-state index in [4.69, 9.17) is 0 Å². The van der Waals surface area contributed by atoms with Crippen molar-refractivity contribution < 1.29 is 4.92 Å². The van der Waals surface area contributed by atoms with Crippen molar-refractivity contribution in [3.05, 3.63) is 50.5 Å². The Morgan fingerprint density at radius 1 is 1.31 bits per heavy atom. The number of halogens is 2. The Labute approximate surface area is 109 Å². The minimum atomic E-state index is -0.350. The van der Waals surface area contributed by atoms with Gasteiger partial charge in [-0.1, -0.05) is 44.0 Å². The Morgan fingerprint density at radius 2 is 2.06 bits per heavy atom. The summed E-state index contributed by atoms with van der Waals surface area (Å²) < 4.78 is 0.946. The number of nitro benzene ring substituents is 1. The maximum Gasteiger partial charge on any atom is 0.274 e. The second kappa shape index (κ2) is 4.51. The van der Waals surface area contributed by atoms with Crippen LogP contribution < -0.4 is 0 Å². The first kappa shape index (κ1) is 11.5. The van der Waals surface area contributed by atoms with Gasteiger partial charge in [-0.15, -0.1) is 0 Å². The number of fused-ring (bicyclic) bond motifs is 1. The van der Waals surface area contributed by atoms with Gasteiger partial charge < -0.3 is 0 Å². The van der Waals surface area contributed by atoms with E-state index in [1.54, 1.807) is 6.07 Å². The lowest BCUT2D eigenvalue weighted by Crippen LogP contribution is -1.93. The number of hydrogen-bond acceptors (Lipinski definition) is 2. The Hall–Kier alpha value is -0.940. The van der Waals surface area contributed by atoms with Crippen LogP contribution in [0.15, 0.2) is 34.8 Å². The summed E-state index contributed by atoms with van der Waals surface area (Å²) in [6.45, 7) is 0. The molecule has 3 nitrogen and oxygen atoms in total. The van der Waals surface area contributed by atoms with Gasteiger partial charge in [0.2, 0.25) is 0 Å². The summed E-state index contributed by atoms with van der Waals surface area (Å²) in [6, 6.07) is 9.10. The molecule has 0 unspecified atom stereocenters. The predicted octanol–water partition coefficient (Wildman–Crippen LogP) is 4.41. The van der Waals surface area contributed by atoms with E-state index in [1.807, 2.05) is 24.3 Å². The molecule has 5 heteroatoms. The standard InChI is InChI=1S/C11H7Br2NO2/c12-6-8-4-9-7(2-1-3-10(9)13)5-11(8)14(15)16/h1-5H,6H2. The summed E-state index contributed by atoms with van der Waals surface area (Å²) in [4.78, 5) is 10.5. The fraction of sp³-hybridized carbons (Fsp3) is 0.0909. The molecular weight excluding hydrogens is 338 g/mol. The average Bonchev–Trinajstić information content (AvgIpc) is 2.28. The van der Waals surface area contributed by atoms with Crippen molar-refractivity contribution in [3.8, 4) is 0 Å². The van der Waals surface area contributed by atoms with Gasteiger partial charge in [0.1, 0.15) is 0 Å². The maximum absolute atomic E-state index is 10.9. The number of alkyl halides is 1. The van der Waals surface area contributed by atoms with Gasteiger partial charge in [0.05, 0.1) is 4.92 Å². The third kappa shape index (κ3) is 1.97. The molecule has 0 aromatic heterocycles. The van der Waals surface area contributed by atoms with Crippen molar-refractivity contribution in [2.45, 2.75) is 5.33 Å². The van der Waals surface area contributed by atoms with Crippen LogP contribution in [0.25, 0.3) is 10.8 Å². The molecule has 0 heterocycles. The van der Waals surface area contributed by atoms with Gasteiger partial charge in [-0.25, -0.2) is 0 Å². The fourth-order valence-electron chi connectivity index (χ4n) is 1.60. The van der Waals surface area contributed by atoms with Crippen molar-refractivity contribution in [1.29, 1.82) is 0 Å². The first-order valence-corrected chi connectivity index (χ1v) is 6.46. The van der Waals surface area contributed by atoms with Crippen LogP contribution in [-0.4, -0.2) is 4.92 Å². The second-order valence-corrected chi connectivity index (χ2v) is 4.75. The first-order chi connectivity index (χ1) is 7.63. The van der Waals surface area contributed by atoms with Gasteiger partial charge >= 0.3 is 0 Å². The third-order valence-corrected chi connectivity index (χ3v) is 3.66. The van der Waals surface area contributed by atoms with Crippen LogP contribution in [0.5, 0.6) is 0 Å². The van der Waals surface area contributed by atoms with Crippen LogP contribution in [0.3, 0.4) is 0 Å². The summed E-state index contributed by atoms with van der Waals surface area (Å²) in [5, 5.41) is 13.2. The molecule has 2 aromatic carbocycles. The molecule has 82 valence electrons. The van der Waals surface area contributed by atoms with Gasteiger partial charge in [-0.3, -0.25) is 10.1 Å². The van der Waals surface area contributed by atoms with Crippen molar-refractivity contribution >= 4 is 48.3 Å². The molecule has 0 amide bonds. The van der Waals surface area contributed by atoms with Gasteiger partial charge in [-0.05, 0) is 22.9 Å². The molecule has 2 rings (SSSR count). The Kier molecular flexibility index (Phi) is 3.25. The van der Waals surface area contributed by atoms with Crippen LogP contribution >= 0.6 is 31.9 Å². The van der Waals surface area contributed by atoms with E-state index in [0.717, 1.165) is 15.2 Å². The van der Waals surface area contributed by atoms with E-state index in [2.05, 4.69) is 31.9 Å². The zero-order valence-corrected chi connectivity index (χ0v) is 11.3. The molecular formula is C11H7Br2NO2. The SMILES string of the molecule is O=[N+]([O-])c1cc2cccc(Br)c2cc1CBr. The first-order valence-electron chi connectivity index (χ1n) is 4.55. The van der Waals surface area contributed by atoms with Gasteiger partial charge in [0.25, 0.3) is 5.69 Å². The molecule has 0 radical (unpaired) electrons. The summed E-state index contributed by atoms with van der Waals surface area (Å²) in [6.07, 6.45) is 0. The largest absolute Gasteiger partial charge is 0.274 e. The van der Waals surface area contributed by atoms with Gasteiger partial charge in [0.15, 0.2) is 0 Å². The van der Waals surface area contributed by atoms with Crippen molar-refractivity contribution in [2.75, 3.05) is 0 Å². The normalized spacial score (nSPS) is 10.6. The van der Waals surface area contributed by atoms with Crippen LogP contribution in [0.2, 0.25) is 0 Å². The third-order valence-electron chi connectivity index (χ3n) is 2.37. The zero-order valence-electron chi connectivity index (χ0n) is 8.11. The molecule has 2 aromatic rings. The minimum absolute atomic E-state index is 0.155. The molecule has 0 saturated heterocycles. The summed E-state index contributed by atoms with van der Waals surface area (Å²) in [5.41, 5.74) is 0.840. The van der Waals surface area contributed by atoms with Crippen LogP contribution in [0, 0.1) is 10.1 Å². The molecule has 0 aliphatic heterocycles. The monoisotopic (exact) mass is 343 g/mol. The Bertz CT molecular complexity index is 569. The summed E-state index contributed by atoms with van der Waals surface area (Å²) in [7, 11) is 0. The zero-order chi connectivity index (χ0) is 11.7. The molecule has 0 atom stereocenters. The highest BCUT2D eigenvalue weighted by atomic mass is 79.9. The predicted molar refractivity (Wildman–Crippen MR) is 70.9 cm³/mol. The highest BCUT2D eigenvalue weighted by Crippen LogP contribution is 2.31. The van der Waals surface area contributed by atoms with Gasteiger partial charge in [0, 0.05) is 21.4 Å². The lowest BCUT2D eigenvalue weighted by Gasteiger charge is -2.04. The number of rotatable bonds is 2. The molecule has 0 fully saturated rings. The number of nitrogens with zero attached hydrogens (tertiary/aromatic N) is 1. The Balaban J connectivity index is 2.80. The lowest BCUT2D eigenvalue weighted by molar-refractivity contribution is -0.385. The van der Waals surface area contributed by atoms with Gasteiger partial charge in [-0.2, -0.15) is 0 Å². The van der Waals surface area contributed by atoms with E-state index in [-0.39, 0.29) is 10.6 Å². The fourth-order valence-corrected chi connectivity index (χ4v) is 2.54. The van der Waals surface area contributed by atoms with Crippen molar-refractivity contribution in [1.82, 2.24) is 0 Å². The second-order valence-electron chi connectivity index (χ2n) is 3.33. The highest BCUT2D eigenvalue weighted by molar-refractivity contribution is 9.10. The van der Waals surface area contributed by atoms with Crippen LogP contribution in [0.1, 0.15) is 5.56 Å². The summed E-state index contributed by atoms with van der Waals surface area (Å²) in [5.74, 6) is 0. The van der Waals surface area contributed by atoms with Crippen molar-refractivity contribution in [3.63, 3.8) is 0 Å². The number of benzene rings is 2. The quantitative estimate of drug-likeness (QED) is 0.460. The van der Waals surface area contributed by atoms with E-state index in [0.29, 0.717) is 10.9 Å². The van der Waals surface area contributed by atoms with E-state index >= 15 is 0 Å². The van der Waals surface area contributed by atoms with Crippen LogP contribution in [0.4, 0.5) is 5.69 Å². The van der Waals surface area contributed by atoms with E-state index in [9.17, 15) is 10.1 Å². The Morgan fingerprint density at radius 3 is 2.69 bits per heavy atom. The number of hydrogen-bond donors (Lipinski definition) is 0.